The van der Waals surface area contributed by atoms with Gasteiger partial charge in [0.25, 0.3) is 5.91 Å². The first-order valence-corrected chi connectivity index (χ1v) is 12.3. The second kappa shape index (κ2) is 7.35. The van der Waals surface area contributed by atoms with Gasteiger partial charge in [-0.3, -0.25) is 9.48 Å². The molecule has 2 aliphatic heterocycles. The Bertz CT molecular complexity index is 1010. The number of nitrogens with zero attached hydrogens (tertiary/aromatic N) is 4. The summed E-state index contributed by atoms with van der Waals surface area (Å²) in [6.07, 6.45) is 0.620. The molecule has 0 aromatic carbocycles. The van der Waals surface area contributed by atoms with Crippen LogP contribution in [0.4, 0.5) is 5.69 Å². The van der Waals surface area contributed by atoms with Gasteiger partial charge in [-0.15, -0.1) is 11.3 Å². The minimum absolute atomic E-state index is 0.0249. The Hall–Kier alpha value is -1.58. The lowest BCUT2D eigenvalue weighted by Gasteiger charge is -2.36. The molecule has 152 valence electrons. The third-order valence-electron chi connectivity index (χ3n) is 5.51. The van der Waals surface area contributed by atoms with Crippen molar-refractivity contribution in [3.05, 3.63) is 32.7 Å². The summed E-state index contributed by atoms with van der Waals surface area (Å²) in [4.78, 5) is 17.4. The first-order valence-electron chi connectivity index (χ1n) is 9.31. The van der Waals surface area contributed by atoms with E-state index < -0.39 is 9.84 Å². The molecule has 0 aliphatic carbocycles. The van der Waals surface area contributed by atoms with Crippen LogP contribution in [0.15, 0.2) is 12.1 Å². The normalized spacial score (nSPS) is 22.0. The molecule has 2 saturated heterocycles. The monoisotopic (exact) mass is 442 g/mol. The van der Waals surface area contributed by atoms with E-state index >= 15 is 0 Å². The number of rotatable bonds is 3. The Balaban J connectivity index is 1.47. The first-order chi connectivity index (χ1) is 13.2. The Morgan fingerprint density at radius 1 is 1.21 bits per heavy atom. The minimum atomic E-state index is -2.96. The van der Waals surface area contributed by atoms with Crippen LogP contribution in [-0.4, -0.2) is 66.7 Å². The molecular formula is C18H23ClN4O3S2. The van der Waals surface area contributed by atoms with Crippen LogP contribution in [0.25, 0.3) is 0 Å². The summed E-state index contributed by atoms with van der Waals surface area (Å²) < 4.78 is 26.2. The zero-order valence-corrected chi connectivity index (χ0v) is 18.3. The zero-order chi connectivity index (χ0) is 20.1. The number of amides is 1. The van der Waals surface area contributed by atoms with E-state index in [9.17, 15) is 13.2 Å². The van der Waals surface area contributed by atoms with Gasteiger partial charge in [0.1, 0.15) is 0 Å². The molecule has 2 fully saturated rings. The second-order valence-corrected chi connectivity index (χ2v) is 11.3. The van der Waals surface area contributed by atoms with Gasteiger partial charge >= 0.3 is 0 Å². The molecule has 2 aromatic heterocycles. The third-order valence-corrected chi connectivity index (χ3v) is 8.48. The fourth-order valence-corrected chi connectivity index (χ4v) is 6.86. The van der Waals surface area contributed by atoms with Crippen molar-refractivity contribution in [2.24, 2.45) is 0 Å². The maximum Gasteiger partial charge on any atom is 0.264 e. The number of thiophene rings is 1. The molecule has 2 aromatic rings. The lowest BCUT2D eigenvalue weighted by molar-refractivity contribution is 0.0751. The van der Waals surface area contributed by atoms with Crippen LogP contribution >= 0.6 is 22.9 Å². The molecule has 0 spiro atoms. The topological polar surface area (TPSA) is 75.5 Å². The SMILES string of the molecule is Cc1nn(C2CCS(=O)(=O)C2)c(C)c1N1CCN(C(=O)c2ccc(Cl)s2)CC1. The van der Waals surface area contributed by atoms with Crippen molar-refractivity contribution >= 4 is 44.4 Å². The number of carbonyl (C=O) groups excluding carboxylic acids is 1. The maximum atomic E-state index is 12.6. The molecule has 1 amide bonds. The van der Waals surface area contributed by atoms with Gasteiger partial charge < -0.3 is 9.80 Å². The van der Waals surface area contributed by atoms with E-state index in [-0.39, 0.29) is 23.5 Å². The smallest absolute Gasteiger partial charge is 0.264 e. The highest BCUT2D eigenvalue weighted by Gasteiger charge is 2.33. The number of sulfone groups is 1. The first kappa shape index (κ1) is 19.7. The predicted molar refractivity (Wildman–Crippen MR) is 111 cm³/mol. The molecule has 1 unspecified atom stereocenters. The molecule has 1 atom stereocenters. The Morgan fingerprint density at radius 3 is 2.50 bits per heavy atom. The van der Waals surface area contributed by atoms with E-state index in [2.05, 4.69) is 10.00 Å². The van der Waals surface area contributed by atoms with E-state index in [1.54, 1.807) is 12.1 Å². The van der Waals surface area contributed by atoms with Gasteiger partial charge in [0.05, 0.1) is 43.8 Å². The number of piperazine rings is 1. The quantitative estimate of drug-likeness (QED) is 0.730. The number of hydrogen-bond donors (Lipinski definition) is 0. The van der Waals surface area contributed by atoms with E-state index in [0.29, 0.717) is 28.7 Å². The van der Waals surface area contributed by atoms with Crippen LogP contribution in [0.5, 0.6) is 0 Å². The number of aromatic nitrogens is 2. The third kappa shape index (κ3) is 3.67. The van der Waals surface area contributed by atoms with Crippen molar-refractivity contribution in [1.82, 2.24) is 14.7 Å². The van der Waals surface area contributed by atoms with Gasteiger partial charge in [0.15, 0.2) is 9.84 Å². The van der Waals surface area contributed by atoms with Crippen molar-refractivity contribution in [2.45, 2.75) is 26.3 Å². The molecule has 2 aliphatic rings. The molecule has 0 saturated carbocycles. The molecule has 0 bridgehead atoms. The lowest BCUT2D eigenvalue weighted by Crippen LogP contribution is -2.49. The van der Waals surface area contributed by atoms with Crippen molar-refractivity contribution in [3.8, 4) is 0 Å². The summed E-state index contributed by atoms with van der Waals surface area (Å²) in [5, 5.41) is 4.65. The molecule has 7 nitrogen and oxygen atoms in total. The fourth-order valence-electron chi connectivity index (χ4n) is 4.15. The van der Waals surface area contributed by atoms with Gasteiger partial charge in [0.2, 0.25) is 0 Å². The lowest BCUT2D eigenvalue weighted by atomic mass is 10.2. The van der Waals surface area contributed by atoms with E-state index in [1.807, 2.05) is 23.4 Å². The summed E-state index contributed by atoms with van der Waals surface area (Å²) in [6, 6.07) is 3.44. The molecule has 10 heteroatoms. The van der Waals surface area contributed by atoms with E-state index in [1.165, 1.54) is 11.3 Å². The van der Waals surface area contributed by atoms with Crippen molar-refractivity contribution in [3.63, 3.8) is 0 Å². The molecule has 4 heterocycles. The van der Waals surface area contributed by atoms with Crippen LogP contribution in [0.3, 0.4) is 0 Å². The molecule has 28 heavy (non-hydrogen) atoms. The van der Waals surface area contributed by atoms with Crippen molar-refractivity contribution in [1.29, 1.82) is 0 Å². The second-order valence-electron chi connectivity index (χ2n) is 7.40. The number of halogens is 1. The summed E-state index contributed by atoms with van der Waals surface area (Å²) in [7, 11) is -2.96. The highest BCUT2D eigenvalue weighted by atomic mass is 35.5. The summed E-state index contributed by atoms with van der Waals surface area (Å²) in [5.74, 6) is 0.427. The largest absolute Gasteiger partial charge is 0.365 e. The van der Waals surface area contributed by atoms with Crippen LogP contribution in [0, 0.1) is 13.8 Å². The number of aryl methyl sites for hydroxylation is 1. The van der Waals surface area contributed by atoms with Gasteiger partial charge in [-0.25, -0.2) is 8.42 Å². The van der Waals surface area contributed by atoms with Crippen LogP contribution in [0.1, 0.15) is 33.5 Å². The zero-order valence-electron chi connectivity index (χ0n) is 15.9. The highest BCUT2D eigenvalue weighted by molar-refractivity contribution is 7.91. The van der Waals surface area contributed by atoms with E-state index in [4.69, 9.17) is 11.6 Å². The number of hydrogen-bond acceptors (Lipinski definition) is 6. The Morgan fingerprint density at radius 2 is 1.93 bits per heavy atom. The number of carbonyl (C=O) groups is 1. The van der Waals surface area contributed by atoms with Crippen LogP contribution in [-0.2, 0) is 9.84 Å². The Labute approximate surface area is 173 Å². The predicted octanol–water partition coefficient (Wildman–Crippen LogP) is 2.54. The molecular weight excluding hydrogens is 420 g/mol. The van der Waals surface area contributed by atoms with Gasteiger partial charge in [-0.1, -0.05) is 11.6 Å². The summed E-state index contributed by atoms with van der Waals surface area (Å²) >= 11 is 7.25. The van der Waals surface area contributed by atoms with Gasteiger partial charge in [0, 0.05) is 26.2 Å². The standard InChI is InChI=1S/C18H23ClN4O3S2/c1-12-17(13(2)23(20-12)14-5-10-28(25,26)11-14)21-6-8-22(9-7-21)18(24)15-3-4-16(19)27-15/h3-4,14H,5-11H2,1-2H3. The summed E-state index contributed by atoms with van der Waals surface area (Å²) in [6.45, 7) is 6.69. The Kier molecular flexibility index (Phi) is 5.18. The molecule has 0 radical (unpaired) electrons. The molecule has 4 rings (SSSR count). The van der Waals surface area contributed by atoms with Crippen molar-refractivity contribution in [2.75, 3.05) is 42.6 Å². The van der Waals surface area contributed by atoms with E-state index in [0.717, 1.165) is 30.2 Å². The van der Waals surface area contributed by atoms with Crippen LogP contribution in [0.2, 0.25) is 4.34 Å². The average molecular weight is 443 g/mol. The fraction of sp³-hybridized carbons (Fsp3) is 0.556. The van der Waals surface area contributed by atoms with Gasteiger partial charge in [-0.05, 0) is 32.4 Å². The summed E-state index contributed by atoms with van der Waals surface area (Å²) in [5.41, 5.74) is 2.98. The molecule has 0 N–H and O–H groups in total. The highest BCUT2D eigenvalue weighted by Crippen LogP contribution is 2.32. The van der Waals surface area contributed by atoms with Gasteiger partial charge in [-0.2, -0.15) is 5.10 Å². The minimum Gasteiger partial charge on any atom is -0.365 e. The number of anilines is 1. The van der Waals surface area contributed by atoms with Crippen molar-refractivity contribution < 1.29 is 13.2 Å². The van der Waals surface area contributed by atoms with Crippen LogP contribution < -0.4 is 4.90 Å². The average Bonchev–Trinajstić information content (AvgIpc) is 3.32. The maximum absolute atomic E-state index is 12.6.